The van der Waals surface area contributed by atoms with Gasteiger partial charge < -0.3 is 19.7 Å². The molecule has 0 aromatic carbocycles. The second kappa shape index (κ2) is 9.15. The number of furan rings is 1. The summed E-state index contributed by atoms with van der Waals surface area (Å²) in [5.41, 5.74) is 3.14. The number of anilines is 2. The maximum Gasteiger partial charge on any atom is 0.227 e. The summed E-state index contributed by atoms with van der Waals surface area (Å²) in [6.07, 6.45) is 4.67. The molecule has 0 amide bonds. The Labute approximate surface area is 192 Å². The third-order valence-corrected chi connectivity index (χ3v) is 7.55. The number of hydrogen-bond donors (Lipinski definition) is 3. The topological polar surface area (TPSA) is 103 Å². The summed E-state index contributed by atoms with van der Waals surface area (Å²) < 4.78 is 5.46. The molecule has 170 valence electrons. The summed E-state index contributed by atoms with van der Waals surface area (Å²) >= 11 is 1.81. The Balaban J connectivity index is 1.30. The minimum absolute atomic E-state index is 0.0162. The van der Waals surface area contributed by atoms with Crippen molar-refractivity contribution in [1.82, 2.24) is 20.2 Å². The maximum atomic E-state index is 9.79. The zero-order chi connectivity index (χ0) is 22.1. The van der Waals surface area contributed by atoms with Gasteiger partial charge in [0.2, 0.25) is 5.95 Å². The van der Waals surface area contributed by atoms with Crippen molar-refractivity contribution in [3.63, 3.8) is 0 Å². The Morgan fingerprint density at radius 2 is 2.16 bits per heavy atom. The van der Waals surface area contributed by atoms with E-state index >= 15 is 0 Å². The number of fused-ring (bicyclic) bond motifs is 1. The normalized spacial score (nSPS) is 17.7. The van der Waals surface area contributed by atoms with Crippen LogP contribution in [0.25, 0.3) is 11.5 Å². The van der Waals surface area contributed by atoms with Gasteiger partial charge in [-0.2, -0.15) is 10.1 Å². The fraction of sp³-hybridized carbons (Fsp3) is 0.522. The quantitative estimate of drug-likeness (QED) is 0.494. The molecule has 1 saturated heterocycles. The van der Waals surface area contributed by atoms with Crippen molar-refractivity contribution in [2.45, 2.75) is 50.0 Å². The summed E-state index contributed by atoms with van der Waals surface area (Å²) in [6.45, 7) is 6.12. The molecule has 1 fully saturated rings. The Bertz CT molecular complexity index is 1040. The third kappa shape index (κ3) is 4.23. The van der Waals surface area contributed by atoms with Gasteiger partial charge in [0.15, 0.2) is 5.76 Å². The molecule has 32 heavy (non-hydrogen) atoms. The molecule has 0 radical (unpaired) electrons. The van der Waals surface area contributed by atoms with E-state index in [1.807, 2.05) is 12.1 Å². The minimum Gasteiger partial charge on any atom is -0.463 e. The first-order chi connectivity index (χ1) is 15.6. The number of H-pyrrole nitrogens is 1. The molecule has 3 aromatic rings. The fourth-order valence-corrected chi connectivity index (χ4v) is 5.43. The fourth-order valence-electron chi connectivity index (χ4n) is 4.38. The third-order valence-electron chi connectivity index (χ3n) is 6.42. The van der Waals surface area contributed by atoms with Gasteiger partial charge in [0.25, 0.3) is 0 Å². The number of rotatable bonds is 7. The number of thioether (sulfide) groups is 1. The molecule has 2 aliphatic rings. The van der Waals surface area contributed by atoms with E-state index in [2.05, 4.69) is 40.3 Å². The van der Waals surface area contributed by atoms with Gasteiger partial charge in [-0.3, -0.25) is 5.10 Å². The van der Waals surface area contributed by atoms with E-state index in [0.717, 1.165) is 77.6 Å². The van der Waals surface area contributed by atoms with E-state index in [0.29, 0.717) is 11.8 Å². The highest BCUT2D eigenvalue weighted by Gasteiger charge is 2.28. The smallest absolute Gasteiger partial charge is 0.227 e. The van der Waals surface area contributed by atoms with Crippen LogP contribution in [-0.4, -0.2) is 56.8 Å². The van der Waals surface area contributed by atoms with Crippen LogP contribution in [0.15, 0.2) is 33.8 Å². The van der Waals surface area contributed by atoms with Crippen molar-refractivity contribution in [3.8, 4) is 11.5 Å². The van der Waals surface area contributed by atoms with Gasteiger partial charge in [0, 0.05) is 36.9 Å². The van der Waals surface area contributed by atoms with E-state index in [9.17, 15) is 5.11 Å². The van der Waals surface area contributed by atoms with Crippen LogP contribution in [-0.2, 0) is 6.42 Å². The summed E-state index contributed by atoms with van der Waals surface area (Å²) in [5, 5.41) is 20.9. The lowest BCUT2D eigenvalue weighted by Crippen LogP contribution is -2.35. The summed E-state index contributed by atoms with van der Waals surface area (Å²) in [4.78, 5) is 13.3. The van der Waals surface area contributed by atoms with Crippen LogP contribution in [0.4, 0.5) is 11.8 Å². The number of aliphatic hydroxyl groups excluding tert-OH is 1. The lowest BCUT2D eigenvalue weighted by molar-refractivity contribution is 0.249. The largest absolute Gasteiger partial charge is 0.463 e. The van der Waals surface area contributed by atoms with Crippen LogP contribution in [0, 0.1) is 5.92 Å². The number of nitrogens with zero attached hydrogens (tertiary/aromatic N) is 4. The molecule has 3 aromatic heterocycles. The zero-order valence-electron chi connectivity index (χ0n) is 18.5. The lowest BCUT2D eigenvalue weighted by Gasteiger charge is -2.32. The summed E-state index contributed by atoms with van der Waals surface area (Å²) in [7, 11) is 0. The van der Waals surface area contributed by atoms with Gasteiger partial charge in [-0.25, -0.2) is 4.98 Å². The summed E-state index contributed by atoms with van der Waals surface area (Å²) in [6, 6.07) is 5.89. The first kappa shape index (κ1) is 21.3. The highest BCUT2D eigenvalue weighted by Crippen LogP contribution is 2.38. The van der Waals surface area contributed by atoms with Crippen molar-refractivity contribution >= 4 is 23.5 Å². The number of aryl methyl sites for hydroxylation is 1. The van der Waals surface area contributed by atoms with Crippen LogP contribution in [0.2, 0.25) is 0 Å². The number of hydrogen-bond acceptors (Lipinski definition) is 8. The van der Waals surface area contributed by atoms with Crippen LogP contribution in [0.5, 0.6) is 0 Å². The molecule has 3 N–H and O–H groups in total. The number of aromatic nitrogens is 4. The van der Waals surface area contributed by atoms with Gasteiger partial charge in [0.05, 0.1) is 29.5 Å². The predicted octanol–water partition coefficient (Wildman–Crippen LogP) is 3.92. The number of aliphatic hydroxyl groups is 1. The number of nitrogens with one attached hydrogen (secondary N) is 2. The molecule has 0 bridgehead atoms. The average Bonchev–Trinajstić information content (AvgIpc) is 3.58. The zero-order valence-corrected chi connectivity index (χ0v) is 19.4. The Morgan fingerprint density at radius 3 is 2.88 bits per heavy atom. The Hall–Kier alpha value is -2.52. The molecule has 9 heteroatoms. The van der Waals surface area contributed by atoms with Gasteiger partial charge in [0.1, 0.15) is 11.5 Å². The standard InChI is InChI=1S/C23H30N6O2S/c1-14(2)19(13-30)24-22-21-16(7-11-32-21)25-23(26-22)29-8-5-15(6-9-29)17-12-18(28-27-17)20-4-3-10-31-20/h3-4,10,12,14-15,19,30H,5-9,11,13H2,1-2H3,(H,27,28)(H,24,25,26)/t19-/m0/s1. The summed E-state index contributed by atoms with van der Waals surface area (Å²) in [5.74, 6) is 4.25. The van der Waals surface area contributed by atoms with E-state index in [1.165, 1.54) is 0 Å². The molecule has 5 rings (SSSR count). The van der Waals surface area contributed by atoms with Crippen LogP contribution in [0.3, 0.4) is 0 Å². The van der Waals surface area contributed by atoms with Crippen molar-refractivity contribution in [1.29, 1.82) is 0 Å². The van der Waals surface area contributed by atoms with E-state index < -0.39 is 0 Å². The Kier molecular flexibility index (Phi) is 6.10. The Morgan fingerprint density at radius 1 is 1.31 bits per heavy atom. The first-order valence-corrected chi connectivity index (χ1v) is 12.4. The van der Waals surface area contributed by atoms with Crippen LogP contribution in [0.1, 0.15) is 44.0 Å². The molecule has 2 aliphatic heterocycles. The number of piperidine rings is 1. The van der Waals surface area contributed by atoms with E-state index in [-0.39, 0.29) is 12.6 Å². The molecule has 8 nitrogen and oxygen atoms in total. The molecule has 5 heterocycles. The van der Waals surface area contributed by atoms with Crippen molar-refractivity contribution < 1.29 is 9.52 Å². The van der Waals surface area contributed by atoms with Crippen molar-refractivity contribution in [2.75, 3.05) is 35.7 Å². The van der Waals surface area contributed by atoms with Gasteiger partial charge in [-0.1, -0.05) is 13.8 Å². The van der Waals surface area contributed by atoms with Crippen molar-refractivity contribution in [2.24, 2.45) is 5.92 Å². The molecular weight excluding hydrogens is 424 g/mol. The first-order valence-electron chi connectivity index (χ1n) is 11.4. The molecular formula is C23H30N6O2S. The minimum atomic E-state index is -0.0162. The SMILES string of the molecule is CC(C)[C@H](CO)Nc1nc(N2CCC(c3cc(-c4ccco4)n[nH]3)CC2)nc2c1SCC2. The van der Waals surface area contributed by atoms with Crippen LogP contribution >= 0.6 is 11.8 Å². The molecule has 0 saturated carbocycles. The molecule has 1 atom stereocenters. The average molecular weight is 455 g/mol. The molecule has 0 unspecified atom stereocenters. The van der Waals surface area contributed by atoms with Crippen LogP contribution < -0.4 is 10.2 Å². The van der Waals surface area contributed by atoms with E-state index in [4.69, 9.17) is 14.4 Å². The van der Waals surface area contributed by atoms with E-state index in [1.54, 1.807) is 18.0 Å². The molecule has 0 aliphatic carbocycles. The van der Waals surface area contributed by atoms with Gasteiger partial charge in [-0.15, -0.1) is 11.8 Å². The maximum absolute atomic E-state index is 9.79. The monoisotopic (exact) mass is 454 g/mol. The highest BCUT2D eigenvalue weighted by atomic mass is 32.2. The van der Waals surface area contributed by atoms with Crippen molar-refractivity contribution in [3.05, 3.63) is 35.9 Å². The second-order valence-corrected chi connectivity index (χ2v) is 9.98. The van der Waals surface area contributed by atoms with Gasteiger partial charge >= 0.3 is 0 Å². The van der Waals surface area contributed by atoms with Gasteiger partial charge in [-0.05, 0) is 37.0 Å². The highest BCUT2D eigenvalue weighted by molar-refractivity contribution is 7.99. The predicted molar refractivity (Wildman–Crippen MR) is 126 cm³/mol. The number of aromatic amines is 1. The lowest BCUT2D eigenvalue weighted by atomic mass is 9.93. The molecule has 0 spiro atoms. The second-order valence-electron chi connectivity index (χ2n) is 8.87.